The molecule has 0 radical (unpaired) electrons. The van der Waals surface area contributed by atoms with Crippen molar-refractivity contribution in [1.82, 2.24) is 9.55 Å². The zero-order valence-corrected chi connectivity index (χ0v) is 59.0. The molecule has 4 aliphatic rings. The molecule has 0 saturated carbocycles. The van der Waals surface area contributed by atoms with Gasteiger partial charge in [-0.1, -0.05) is 98.0 Å². The van der Waals surface area contributed by atoms with Crippen molar-refractivity contribution in [3.8, 4) is 5.69 Å². The van der Waals surface area contributed by atoms with E-state index in [1.165, 1.54) is 112 Å². The van der Waals surface area contributed by atoms with Crippen molar-refractivity contribution >= 4 is 174 Å². The number of para-hydroxylation sites is 1. The summed E-state index contributed by atoms with van der Waals surface area (Å²) in [6, 6.07) is 52.6. The van der Waals surface area contributed by atoms with Gasteiger partial charge in [0.25, 0.3) is 0 Å². The quantitative estimate of drug-likeness (QED) is 0.127. The first-order chi connectivity index (χ1) is 41.6. The first-order valence-electron chi connectivity index (χ1n) is 30.7. The molecule has 5 nitrogen and oxygen atoms in total. The summed E-state index contributed by atoms with van der Waals surface area (Å²) in [7, 11) is -3.23. The predicted octanol–water partition coefficient (Wildman–Crippen LogP) is 17.5. The number of aryl methyl sites for hydroxylation is 1. The Morgan fingerprint density at radius 1 is 0.545 bits per heavy atom. The zero-order valence-electron chi connectivity index (χ0n) is 53.2. The molecule has 1 unspecified atom stereocenters. The third-order valence-electron chi connectivity index (χ3n) is 18.3. The van der Waals surface area contributed by atoms with Crippen LogP contribution in [0.4, 0.5) is 17.1 Å². The molecule has 5 aromatic heterocycles. The van der Waals surface area contributed by atoms with Crippen molar-refractivity contribution in [2.75, 3.05) is 4.90 Å². The van der Waals surface area contributed by atoms with E-state index in [9.17, 15) is 0 Å². The normalized spacial score (nSPS) is 16.1. The fourth-order valence-corrected chi connectivity index (χ4v) is 26.6. The van der Waals surface area contributed by atoms with Crippen molar-refractivity contribution in [1.29, 1.82) is 0 Å². The molecule has 9 heterocycles. The number of aromatic nitrogens is 2. The second-order valence-corrected chi connectivity index (χ2v) is 39.0. The molecule has 88 heavy (non-hydrogen) atoms. The Kier molecular flexibility index (Phi) is 13.3. The van der Waals surface area contributed by atoms with Gasteiger partial charge in [-0.05, 0) is 69.3 Å². The van der Waals surface area contributed by atoms with E-state index in [4.69, 9.17) is 4.42 Å². The molecule has 0 fully saturated rings. The van der Waals surface area contributed by atoms with Gasteiger partial charge < -0.3 is 8.98 Å². The van der Waals surface area contributed by atoms with E-state index in [1.807, 2.05) is 23.7 Å². The van der Waals surface area contributed by atoms with E-state index in [0.717, 1.165) is 40.5 Å². The van der Waals surface area contributed by atoms with Gasteiger partial charge in [-0.15, -0.1) is 11.3 Å². The van der Waals surface area contributed by atoms with Crippen LogP contribution < -0.4 is 45.1 Å². The van der Waals surface area contributed by atoms with Crippen molar-refractivity contribution < 1.29 is 8.98 Å². The summed E-state index contributed by atoms with van der Waals surface area (Å²) in [6.07, 6.45) is 3.87. The van der Waals surface area contributed by atoms with Crippen LogP contribution in [-0.4, -0.2) is 31.2 Å². The van der Waals surface area contributed by atoms with Gasteiger partial charge in [0.15, 0.2) is 5.50 Å². The predicted molar refractivity (Wildman–Crippen MR) is 385 cm³/mol. The van der Waals surface area contributed by atoms with Crippen LogP contribution in [-0.2, 0) is 31.6 Å². The fourth-order valence-electron chi connectivity index (χ4n) is 13.3. The molecule has 0 bridgehead atoms. The second kappa shape index (κ2) is 20.0. The molecule has 442 valence electrons. The van der Waals surface area contributed by atoms with E-state index in [-0.39, 0.29) is 48.7 Å². The molecule has 12 aromatic rings. The molecule has 1 atom stereocenters. The number of fused-ring (bicyclic) bond motifs is 16. The van der Waals surface area contributed by atoms with Crippen LogP contribution in [0.5, 0.6) is 0 Å². The molecule has 0 amide bonds. The third kappa shape index (κ3) is 9.12. The minimum absolute atomic E-state index is 0.0112. The summed E-state index contributed by atoms with van der Waals surface area (Å²) in [5, 5.41) is 6.00. The van der Waals surface area contributed by atoms with Crippen molar-refractivity contribution in [2.24, 2.45) is 0 Å². The molecule has 0 saturated heterocycles. The number of furan rings is 1. The van der Waals surface area contributed by atoms with Gasteiger partial charge in [-0.2, -0.15) is 0 Å². The average molecular weight is 1310 g/mol. The van der Waals surface area contributed by atoms with Crippen molar-refractivity contribution in [2.45, 2.75) is 157 Å². The van der Waals surface area contributed by atoms with Crippen LogP contribution in [0.2, 0.25) is 0 Å². The minimum atomic E-state index is -3.23. The maximum absolute atomic E-state index is 15.9. The van der Waals surface area contributed by atoms with Crippen LogP contribution in [0.15, 0.2) is 176 Å². The molecular formula is C76H73BN3O2PS4Se. The maximum atomic E-state index is 15.9. The number of anilines is 3. The Bertz CT molecular complexity index is 4850. The Morgan fingerprint density at radius 3 is 1.80 bits per heavy atom. The summed E-state index contributed by atoms with van der Waals surface area (Å²) in [4.78, 5) is 11.4. The van der Waals surface area contributed by atoms with Gasteiger partial charge in [0.1, 0.15) is 5.58 Å². The summed E-state index contributed by atoms with van der Waals surface area (Å²) in [5.41, 5.74) is 18.8. The number of hydrogen-bond acceptors (Lipinski definition) is 8. The molecule has 0 N–H and O–H groups in total. The number of thiophene rings is 2. The van der Waals surface area contributed by atoms with Crippen molar-refractivity contribution in [3.05, 3.63) is 185 Å². The van der Waals surface area contributed by atoms with Gasteiger partial charge >= 0.3 is 295 Å². The number of nitrogens with zero attached hydrogens (tertiary/aromatic N) is 3. The molecule has 7 aromatic carbocycles. The number of rotatable bonds is 2. The zero-order chi connectivity index (χ0) is 61.7. The Labute approximate surface area is 541 Å². The Balaban J connectivity index is 0.000000150. The van der Waals surface area contributed by atoms with Crippen LogP contribution in [0.3, 0.4) is 0 Å². The van der Waals surface area contributed by atoms with E-state index < -0.39 is 7.14 Å². The van der Waals surface area contributed by atoms with Gasteiger partial charge in [0.05, 0.1) is 14.8 Å². The fraction of sp³-hybridized carbons (Fsp3) is 0.276. The van der Waals surface area contributed by atoms with E-state index in [2.05, 4.69) is 265 Å². The second-order valence-electron chi connectivity index (χ2n) is 29.7. The third-order valence-corrected chi connectivity index (χ3v) is 29.9. The summed E-state index contributed by atoms with van der Waals surface area (Å²) in [5.74, 6) is 0. The molecule has 0 aliphatic carbocycles. The first kappa shape index (κ1) is 58.4. The molecular weight excluding hydrogens is 1240 g/mol. The van der Waals surface area contributed by atoms with Gasteiger partial charge in [-0.3, -0.25) is 0 Å². The molecule has 0 spiro atoms. The van der Waals surface area contributed by atoms with E-state index >= 15 is 4.57 Å². The van der Waals surface area contributed by atoms with Gasteiger partial charge in [0, 0.05) is 30.2 Å². The average Bonchev–Trinajstić information content (AvgIpc) is 1.43. The summed E-state index contributed by atoms with van der Waals surface area (Å²) >= 11 is 7.37. The number of pyridine rings is 1. The summed E-state index contributed by atoms with van der Waals surface area (Å²) in [6.45, 7) is 36.6. The van der Waals surface area contributed by atoms with Gasteiger partial charge in [0.2, 0.25) is 7.14 Å². The number of hydrogen-bond donors (Lipinski definition) is 0. The topological polar surface area (TPSA) is 51.3 Å². The van der Waals surface area contributed by atoms with Crippen LogP contribution in [0, 0.1) is 6.92 Å². The SMILES string of the molecule is CC(C)(C)c1cc2c3c(c1)Sc1c(sc4ccc(C(C)(C)C)cc14)P3(=O)c1oc3ccc(C(C)(C)C)cc3c1S2.Cc1cc2c3c(c1)N(c1ccccc1)c1c(sc4cc(C(C)(C)C)ccc14)B3c1c(c3cc(C(C)(C)C)ccc3n1-c1ccncc1)[Se]2. The molecule has 4 aliphatic heterocycles. The van der Waals surface area contributed by atoms with Gasteiger partial charge in [-0.25, -0.2) is 0 Å². The summed E-state index contributed by atoms with van der Waals surface area (Å²) < 4.78 is 33.1. The van der Waals surface area contributed by atoms with Crippen LogP contribution >= 0.6 is 53.3 Å². The van der Waals surface area contributed by atoms with E-state index in [0.29, 0.717) is 5.50 Å². The standard InChI is InChI=1S/C42H38BN3SSe.C34H35O2PS3/c1-25-21-33-36-35(22-25)48-38-31-23-26(41(2,3)4)14-16-32(31)46(29-17-19-44-20-18-29)39(38)43(36)40-37(45(33)28-11-9-8-10-12-28)30-15-13-27(42(5,6)7)24-34(30)47-40;1-32(2,3)18-10-12-23-21(14-18)28-30(36-23)37(35)27-25(38-28)16-20(34(7,8)9)17-26(27)39-29-22-15-19(33(4,5)6)11-13-24(22)40-31(29)37/h8-24H,1-7H3;10-17H,1-9H3. The molecule has 12 heteroatoms. The molecule has 16 rings (SSSR count). The van der Waals surface area contributed by atoms with E-state index in [1.54, 1.807) is 34.9 Å². The van der Waals surface area contributed by atoms with Crippen LogP contribution in [0.25, 0.3) is 47.7 Å². The Morgan fingerprint density at radius 2 is 1.14 bits per heavy atom. The first-order valence-corrected chi connectivity index (χ1v) is 37.4. The number of benzene rings is 7. The van der Waals surface area contributed by atoms with Crippen LogP contribution in [0.1, 0.15) is 137 Å². The monoisotopic (exact) mass is 1310 g/mol. The Hall–Kier alpha value is -6.00. The van der Waals surface area contributed by atoms with Crippen molar-refractivity contribution in [3.63, 3.8) is 0 Å².